The molecule has 7 nitrogen and oxygen atoms in total. The molecule has 1 unspecified atom stereocenters. The van der Waals surface area contributed by atoms with Gasteiger partial charge in [0.05, 0.1) is 29.3 Å². The van der Waals surface area contributed by atoms with Gasteiger partial charge in [0.1, 0.15) is 17.6 Å². The summed E-state index contributed by atoms with van der Waals surface area (Å²) in [6.45, 7) is 1.41. The number of phenolic OH excluding ortho intramolecular Hbond substituents is 1. The number of imidazole rings is 1. The largest absolute Gasteiger partial charge is 0.508 e. The molecule has 5 rings (SSSR count). The maximum Gasteiger partial charge on any atom is 0.244 e. The van der Waals surface area contributed by atoms with E-state index in [4.69, 9.17) is 5.26 Å². The van der Waals surface area contributed by atoms with E-state index in [-0.39, 0.29) is 23.3 Å². The fraction of sp³-hybridized carbons (Fsp3) is 0.192. The molecule has 1 aromatic heterocycles. The van der Waals surface area contributed by atoms with Crippen molar-refractivity contribution >= 4 is 22.4 Å². The fourth-order valence-electron chi connectivity index (χ4n) is 4.40. The number of nitriles is 1. The van der Waals surface area contributed by atoms with Crippen LogP contribution in [0.15, 0.2) is 67.1 Å². The van der Waals surface area contributed by atoms with E-state index in [1.807, 2.05) is 34.9 Å². The Morgan fingerprint density at radius 3 is 2.91 bits per heavy atom. The molecule has 1 atom stereocenters. The fourth-order valence-corrected chi connectivity index (χ4v) is 4.40. The summed E-state index contributed by atoms with van der Waals surface area (Å²) in [6.07, 6.45) is 4.04. The zero-order chi connectivity index (χ0) is 23.7. The van der Waals surface area contributed by atoms with Crippen molar-refractivity contribution in [3.05, 3.63) is 89.8 Å². The van der Waals surface area contributed by atoms with Gasteiger partial charge in [-0.1, -0.05) is 24.3 Å². The first kappa shape index (κ1) is 21.6. The molecule has 2 heterocycles. The molecular weight excluding hydrogens is 433 g/mol. The SMILES string of the molecule is N#Cc1ccc(Cn2cncc2CNC2CCN(c3cccc4ccc(O)cc34)C2=O)cc1F. The van der Waals surface area contributed by atoms with E-state index in [1.165, 1.54) is 12.1 Å². The van der Waals surface area contributed by atoms with Crippen LogP contribution in [0.1, 0.15) is 23.2 Å². The van der Waals surface area contributed by atoms with Gasteiger partial charge < -0.3 is 19.9 Å². The Bertz CT molecular complexity index is 1420. The first-order valence-corrected chi connectivity index (χ1v) is 11.0. The normalized spacial score (nSPS) is 15.7. The number of carbonyl (C=O) groups excluding carboxylic acids is 1. The first-order valence-electron chi connectivity index (χ1n) is 11.0. The highest BCUT2D eigenvalue weighted by molar-refractivity contribution is 6.07. The minimum absolute atomic E-state index is 0.0157. The van der Waals surface area contributed by atoms with Crippen LogP contribution in [-0.2, 0) is 17.9 Å². The number of aromatic hydroxyl groups is 1. The topological polar surface area (TPSA) is 94.2 Å². The van der Waals surface area contributed by atoms with Crippen LogP contribution in [-0.4, -0.2) is 33.2 Å². The van der Waals surface area contributed by atoms with Crippen molar-refractivity contribution in [2.75, 3.05) is 11.4 Å². The number of hydrogen-bond acceptors (Lipinski definition) is 5. The van der Waals surface area contributed by atoms with E-state index in [1.54, 1.807) is 35.6 Å². The summed E-state index contributed by atoms with van der Waals surface area (Å²) in [5.74, 6) is -0.397. The van der Waals surface area contributed by atoms with E-state index in [0.29, 0.717) is 26.1 Å². The molecule has 8 heteroatoms. The van der Waals surface area contributed by atoms with Gasteiger partial charge in [-0.2, -0.15) is 5.26 Å². The number of nitrogens with one attached hydrogen (secondary N) is 1. The van der Waals surface area contributed by atoms with E-state index >= 15 is 0 Å². The van der Waals surface area contributed by atoms with Crippen LogP contribution in [0.4, 0.5) is 10.1 Å². The highest BCUT2D eigenvalue weighted by Gasteiger charge is 2.33. The summed E-state index contributed by atoms with van der Waals surface area (Å²) >= 11 is 0. The Morgan fingerprint density at radius 2 is 2.09 bits per heavy atom. The van der Waals surface area contributed by atoms with Crippen LogP contribution >= 0.6 is 0 Å². The van der Waals surface area contributed by atoms with Gasteiger partial charge in [0.15, 0.2) is 0 Å². The average Bonchev–Trinajstić information content (AvgIpc) is 3.43. The van der Waals surface area contributed by atoms with E-state index < -0.39 is 5.82 Å². The van der Waals surface area contributed by atoms with Crippen molar-refractivity contribution in [1.82, 2.24) is 14.9 Å². The average molecular weight is 455 g/mol. The zero-order valence-electron chi connectivity index (χ0n) is 18.3. The lowest BCUT2D eigenvalue weighted by Crippen LogP contribution is -2.38. The van der Waals surface area contributed by atoms with Crippen LogP contribution in [0.25, 0.3) is 10.8 Å². The highest BCUT2D eigenvalue weighted by Crippen LogP contribution is 2.32. The molecule has 0 aliphatic carbocycles. The number of phenols is 1. The Hall–Kier alpha value is -4.22. The van der Waals surface area contributed by atoms with Gasteiger partial charge in [-0.3, -0.25) is 4.79 Å². The third-order valence-corrected chi connectivity index (χ3v) is 6.17. The van der Waals surface area contributed by atoms with Crippen molar-refractivity contribution in [3.63, 3.8) is 0 Å². The summed E-state index contributed by atoms with van der Waals surface area (Å²) in [5.41, 5.74) is 2.39. The Labute approximate surface area is 195 Å². The molecule has 170 valence electrons. The summed E-state index contributed by atoms with van der Waals surface area (Å²) in [4.78, 5) is 19.1. The molecule has 1 amide bonds. The van der Waals surface area contributed by atoms with Crippen molar-refractivity contribution in [3.8, 4) is 11.8 Å². The minimum atomic E-state index is -0.543. The zero-order valence-corrected chi connectivity index (χ0v) is 18.3. The summed E-state index contributed by atoms with van der Waals surface area (Å²) in [5, 5.41) is 24.0. The molecule has 0 bridgehead atoms. The number of fused-ring (bicyclic) bond motifs is 1. The Morgan fingerprint density at radius 1 is 1.21 bits per heavy atom. The molecule has 2 N–H and O–H groups in total. The van der Waals surface area contributed by atoms with Gasteiger partial charge >= 0.3 is 0 Å². The monoisotopic (exact) mass is 455 g/mol. The van der Waals surface area contributed by atoms with Crippen molar-refractivity contribution < 1.29 is 14.3 Å². The maximum atomic E-state index is 14.0. The molecule has 3 aromatic carbocycles. The second-order valence-corrected chi connectivity index (χ2v) is 8.33. The highest BCUT2D eigenvalue weighted by atomic mass is 19.1. The lowest BCUT2D eigenvalue weighted by atomic mass is 10.1. The summed E-state index contributed by atoms with van der Waals surface area (Å²) in [6, 6.07) is 16.9. The van der Waals surface area contributed by atoms with Crippen molar-refractivity contribution in [2.45, 2.75) is 25.6 Å². The van der Waals surface area contributed by atoms with Crippen LogP contribution < -0.4 is 10.2 Å². The molecule has 1 saturated heterocycles. The molecule has 4 aromatic rings. The number of halogens is 1. The van der Waals surface area contributed by atoms with E-state index in [0.717, 1.165) is 27.7 Å². The van der Waals surface area contributed by atoms with Gasteiger partial charge in [-0.05, 0) is 47.7 Å². The summed E-state index contributed by atoms with van der Waals surface area (Å²) in [7, 11) is 0. The number of aromatic nitrogens is 2. The predicted molar refractivity (Wildman–Crippen MR) is 126 cm³/mol. The number of nitrogens with zero attached hydrogens (tertiary/aromatic N) is 4. The standard InChI is InChI=1S/C26H22FN5O2/c27-23-10-17(4-5-19(23)12-28)15-31-16-29-13-20(31)14-30-24-8-9-32(26(24)34)25-3-1-2-18-6-7-21(33)11-22(18)25/h1-7,10-11,13,16,24,30,33H,8-9,14-15H2. The Balaban J connectivity index is 1.28. The number of benzene rings is 3. The maximum absolute atomic E-state index is 14.0. The number of rotatable bonds is 6. The number of hydrogen-bond donors (Lipinski definition) is 2. The second-order valence-electron chi connectivity index (χ2n) is 8.33. The predicted octanol–water partition coefficient (Wildman–Crippen LogP) is 3.70. The quantitative estimate of drug-likeness (QED) is 0.462. The summed E-state index contributed by atoms with van der Waals surface area (Å²) < 4.78 is 15.8. The lowest BCUT2D eigenvalue weighted by molar-refractivity contribution is -0.118. The third-order valence-electron chi connectivity index (χ3n) is 6.17. The van der Waals surface area contributed by atoms with Crippen molar-refractivity contribution in [2.24, 2.45) is 0 Å². The van der Waals surface area contributed by atoms with Crippen LogP contribution in [0, 0.1) is 17.1 Å². The first-order chi connectivity index (χ1) is 16.5. The van der Waals surface area contributed by atoms with Gasteiger partial charge in [0.25, 0.3) is 0 Å². The molecule has 1 aliphatic rings. The minimum Gasteiger partial charge on any atom is -0.508 e. The lowest BCUT2D eigenvalue weighted by Gasteiger charge is -2.19. The van der Waals surface area contributed by atoms with Crippen molar-refractivity contribution in [1.29, 1.82) is 5.26 Å². The van der Waals surface area contributed by atoms with Gasteiger partial charge in [0.2, 0.25) is 5.91 Å². The smallest absolute Gasteiger partial charge is 0.244 e. The third kappa shape index (κ3) is 4.09. The molecular formula is C26H22FN5O2. The van der Waals surface area contributed by atoms with E-state index in [9.17, 15) is 14.3 Å². The molecule has 1 fully saturated rings. The number of amides is 1. The number of anilines is 1. The molecule has 0 saturated carbocycles. The van der Waals surface area contributed by atoms with Gasteiger partial charge in [-0.15, -0.1) is 0 Å². The van der Waals surface area contributed by atoms with Gasteiger partial charge in [-0.25, -0.2) is 9.37 Å². The second kappa shape index (κ2) is 8.96. The van der Waals surface area contributed by atoms with E-state index in [2.05, 4.69) is 10.3 Å². The molecule has 0 radical (unpaired) electrons. The molecule has 0 spiro atoms. The molecule has 1 aliphatic heterocycles. The van der Waals surface area contributed by atoms with Crippen LogP contribution in [0.2, 0.25) is 0 Å². The van der Waals surface area contributed by atoms with Crippen LogP contribution in [0.5, 0.6) is 5.75 Å². The Kier molecular flexibility index (Phi) is 5.70. The number of carbonyl (C=O) groups is 1. The van der Waals surface area contributed by atoms with Crippen LogP contribution in [0.3, 0.4) is 0 Å². The molecule has 34 heavy (non-hydrogen) atoms. The van der Waals surface area contributed by atoms with Gasteiger partial charge in [0, 0.05) is 31.2 Å².